The summed E-state index contributed by atoms with van der Waals surface area (Å²) in [4.78, 5) is 5.91. The van der Waals surface area contributed by atoms with Crippen LogP contribution in [-0.4, -0.2) is 19.0 Å². The lowest BCUT2D eigenvalue weighted by Crippen LogP contribution is -2.41. The largest absolute Gasteiger partial charge is 0.356 e. The minimum Gasteiger partial charge on any atom is -0.356 e. The Labute approximate surface area is 136 Å². The van der Waals surface area contributed by atoms with Crippen LogP contribution in [0.3, 0.4) is 0 Å². The summed E-state index contributed by atoms with van der Waals surface area (Å²) in [6, 6.07) is 14.2. The smallest absolute Gasteiger partial charge is 0.196 e. The highest BCUT2D eigenvalue weighted by molar-refractivity contribution is 7.09. The lowest BCUT2D eigenvalue weighted by atomic mass is 9.94. The molecule has 0 saturated carbocycles. The van der Waals surface area contributed by atoms with Gasteiger partial charge in [0.1, 0.15) is 0 Å². The summed E-state index contributed by atoms with van der Waals surface area (Å²) in [5.74, 6) is 0.779. The van der Waals surface area contributed by atoms with Gasteiger partial charge in [-0.25, -0.2) is 4.99 Å². The fraction of sp³-hybridized carbons (Fsp3) is 0.353. The molecule has 118 valence electrons. The third-order valence-corrected chi connectivity index (χ3v) is 4.16. The second kappa shape index (κ2) is 7.96. The number of hydrogen-bond acceptors (Lipinski definition) is 3. The van der Waals surface area contributed by atoms with Crippen molar-refractivity contribution in [2.75, 3.05) is 18.4 Å². The summed E-state index contributed by atoms with van der Waals surface area (Å²) >= 11 is 1.72. The van der Waals surface area contributed by atoms with E-state index < -0.39 is 0 Å². The van der Waals surface area contributed by atoms with E-state index in [1.54, 1.807) is 11.3 Å². The number of thiophene rings is 1. The number of anilines is 1. The van der Waals surface area contributed by atoms with Gasteiger partial charge in [0.2, 0.25) is 0 Å². The number of guanidine groups is 1. The zero-order valence-corrected chi connectivity index (χ0v) is 14.0. The summed E-state index contributed by atoms with van der Waals surface area (Å²) in [6.07, 6.45) is 0. The molecule has 0 aliphatic carbocycles. The van der Waals surface area contributed by atoms with Gasteiger partial charge in [-0.3, -0.25) is 0 Å². The molecule has 0 atom stereocenters. The van der Waals surface area contributed by atoms with Gasteiger partial charge in [0, 0.05) is 17.1 Å². The van der Waals surface area contributed by atoms with Crippen molar-refractivity contribution in [2.45, 2.75) is 20.4 Å². The van der Waals surface area contributed by atoms with Crippen LogP contribution >= 0.6 is 11.3 Å². The molecule has 4 nitrogen and oxygen atoms in total. The minimum atomic E-state index is 0.0298. The molecule has 0 bridgehead atoms. The fourth-order valence-electron chi connectivity index (χ4n) is 1.75. The maximum absolute atomic E-state index is 5.80. The normalized spacial score (nSPS) is 12.2. The topological polar surface area (TPSA) is 62.4 Å². The second-order valence-electron chi connectivity index (χ2n) is 5.96. The molecular weight excluding hydrogens is 292 g/mol. The Morgan fingerprint density at radius 2 is 1.95 bits per heavy atom. The lowest BCUT2D eigenvalue weighted by molar-refractivity contribution is 0.376. The van der Waals surface area contributed by atoms with Crippen molar-refractivity contribution in [3.05, 3.63) is 52.7 Å². The molecule has 0 aliphatic heterocycles. The number of hydrogen-bond donors (Lipinski definition) is 3. The van der Waals surface area contributed by atoms with Gasteiger partial charge >= 0.3 is 0 Å². The molecule has 0 saturated heterocycles. The van der Waals surface area contributed by atoms with E-state index in [0.717, 1.165) is 18.2 Å². The minimum absolute atomic E-state index is 0.0298. The van der Waals surface area contributed by atoms with E-state index in [1.807, 2.05) is 36.4 Å². The molecule has 4 N–H and O–H groups in total. The first kappa shape index (κ1) is 16.5. The first-order valence-corrected chi connectivity index (χ1v) is 8.30. The van der Waals surface area contributed by atoms with Crippen LogP contribution in [0.5, 0.6) is 0 Å². The summed E-state index contributed by atoms with van der Waals surface area (Å²) in [6.45, 7) is 6.35. The zero-order chi connectivity index (χ0) is 15.8. The van der Waals surface area contributed by atoms with Crippen molar-refractivity contribution in [1.29, 1.82) is 0 Å². The highest BCUT2D eigenvalue weighted by Crippen LogP contribution is 2.12. The van der Waals surface area contributed by atoms with Gasteiger partial charge in [0.15, 0.2) is 5.96 Å². The van der Waals surface area contributed by atoms with Gasteiger partial charge in [-0.2, -0.15) is 0 Å². The van der Waals surface area contributed by atoms with Crippen molar-refractivity contribution in [3.8, 4) is 0 Å². The first-order chi connectivity index (χ1) is 10.6. The SMILES string of the molecule is CC(C)(CN)CNC(=NCc1cccs1)Nc1ccccc1. The summed E-state index contributed by atoms with van der Waals surface area (Å²) in [5, 5.41) is 8.80. The van der Waals surface area contributed by atoms with Crippen LogP contribution in [0.4, 0.5) is 5.69 Å². The van der Waals surface area contributed by atoms with Gasteiger partial charge in [0.25, 0.3) is 0 Å². The molecule has 1 aromatic carbocycles. The third kappa shape index (κ3) is 5.50. The third-order valence-electron chi connectivity index (χ3n) is 3.30. The number of nitrogens with one attached hydrogen (secondary N) is 2. The highest BCUT2D eigenvalue weighted by Gasteiger charge is 2.16. The average Bonchev–Trinajstić information content (AvgIpc) is 3.04. The lowest BCUT2D eigenvalue weighted by Gasteiger charge is -2.24. The zero-order valence-electron chi connectivity index (χ0n) is 13.2. The van der Waals surface area contributed by atoms with Crippen LogP contribution in [0.15, 0.2) is 52.8 Å². The molecule has 0 fully saturated rings. The van der Waals surface area contributed by atoms with Crippen LogP contribution in [0.1, 0.15) is 18.7 Å². The summed E-state index contributed by atoms with van der Waals surface area (Å²) < 4.78 is 0. The molecule has 22 heavy (non-hydrogen) atoms. The Kier molecular flexibility index (Phi) is 5.98. The Balaban J connectivity index is 2.04. The fourth-order valence-corrected chi connectivity index (χ4v) is 2.38. The standard InChI is InChI=1S/C17H24N4S/c1-17(2,12-18)13-20-16(19-11-15-9-6-10-22-15)21-14-7-4-3-5-8-14/h3-10H,11-13,18H2,1-2H3,(H2,19,20,21). The van der Waals surface area contributed by atoms with Crippen LogP contribution in [0.25, 0.3) is 0 Å². The number of para-hydroxylation sites is 1. The van der Waals surface area contributed by atoms with E-state index in [-0.39, 0.29) is 5.41 Å². The Bertz CT molecular complexity index is 576. The Hall–Kier alpha value is -1.85. The molecular formula is C17H24N4S. The molecule has 0 radical (unpaired) electrons. The Morgan fingerprint density at radius 3 is 2.59 bits per heavy atom. The number of nitrogens with two attached hydrogens (primary N) is 1. The summed E-state index contributed by atoms with van der Waals surface area (Å²) in [5.41, 5.74) is 6.85. The van der Waals surface area contributed by atoms with E-state index >= 15 is 0 Å². The number of benzene rings is 1. The van der Waals surface area contributed by atoms with Gasteiger partial charge in [-0.1, -0.05) is 38.1 Å². The molecule has 1 aromatic heterocycles. The van der Waals surface area contributed by atoms with Crippen LogP contribution < -0.4 is 16.4 Å². The number of aliphatic imine (C=N–C) groups is 1. The van der Waals surface area contributed by atoms with E-state index in [9.17, 15) is 0 Å². The average molecular weight is 316 g/mol. The van der Waals surface area contributed by atoms with Crippen molar-refractivity contribution in [2.24, 2.45) is 16.1 Å². The van der Waals surface area contributed by atoms with Gasteiger partial charge in [-0.05, 0) is 35.5 Å². The van der Waals surface area contributed by atoms with Crippen LogP contribution in [-0.2, 0) is 6.54 Å². The van der Waals surface area contributed by atoms with Crippen LogP contribution in [0.2, 0.25) is 0 Å². The molecule has 0 spiro atoms. The summed E-state index contributed by atoms with van der Waals surface area (Å²) in [7, 11) is 0. The molecule has 5 heteroatoms. The van der Waals surface area contributed by atoms with Crippen molar-refractivity contribution in [3.63, 3.8) is 0 Å². The first-order valence-electron chi connectivity index (χ1n) is 7.42. The van der Waals surface area contributed by atoms with Gasteiger partial charge in [-0.15, -0.1) is 11.3 Å². The molecule has 2 rings (SSSR count). The molecule has 1 heterocycles. The molecule has 2 aromatic rings. The second-order valence-corrected chi connectivity index (χ2v) is 6.99. The Morgan fingerprint density at radius 1 is 1.18 bits per heavy atom. The van der Waals surface area contributed by atoms with E-state index in [4.69, 9.17) is 5.73 Å². The maximum Gasteiger partial charge on any atom is 0.196 e. The van der Waals surface area contributed by atoms with Crippen molar-refractivity contribution < 1.29 is 0 Å². The quantitative estimate of drug-likeness (QED) is 0.566. The molecule has 0 amide bonds. The number of nitrogens with zero attached hydrogens (tertiary/aromatic N) is 1. The molecule has 0 aliphatic rings. The monoisotopic (exact) mass is 316 g/mol. The highest BCUT2D eigenvalue weighted by atomic mass is 32.1. The van der Waals surface area contributed by atoms with E-state index in [1.165, 1.54) is 4.88 Å². The predicted octanol–water partition coefficient (Wildman–Crippen LogP) is 3.29. The van der Waals surface area contributed by atoms with E-state index in [0.29, 0.717) is 13.1 Å². The van der Waals surface area contributed by atoms with Gasteiger partial charge in [0.05, 0.1) is 6.54 Å². The van der Waals surface area contributed by atoms with Crippen LogP contribution in [0, 0.1) is 5.41 Å². The molecule has 0 unspecified atom stereocenters. The van der Waals surface area contributed by atoms with Crippen molar-refractivity contribution >= 4 is 23.0 Å². The maximum atomic E-state index is 5.80. The van der Waals surface area contributed by atoms with E-state index in [2.05, 4.69) is 40.9 Å². The predicted molar refractivity (Wildman–Crippen MR) is 96.4 cm³/mol. The van der Waals surface area contributed by atoms with Gasteiger partial charge < -0.3 is 16.4 Å². The van der Waals surface area contributed by atoms with Crippen molar-refractivity contribution in [1.82, 2.24) is 5.32 Å². The number of rotatable bonds is 6.